The molecule has 0 radical (unpaired) electrons. The summed E-state index contributed by atoms with van der Waals surface area (Å²) < 4.78 is 37.0. The van der Waals surface area contributed by atoms with E-state index in [4.69, 9.17) is 5.73 Å². The number of halogens is 3. The maximum Gasteiger partial charge on any atom is 0.416 e. The van der Waals surface area contributed by atoms with Crippen LogP contribution in [0.3, 0.4) is 0 Å². The van der Waals surface area contributed by atoms with Crippen LogP contribution in [0.15, 0.2) is 24.3 Å². The summed E-state index contributed by atoms with van der Waals surface area (Å²) in [5.41, 5.74) is 4.63. The van der Waals surface area contributed by atoms with E-state index in [1.807, 2.05) is 0 Å². The van der Waals surface area contributed by atoms with Gasteiger partial charge in [0.2, 0.25) is 0 Å². The Labute approximate surface area is 109 Å². The van der Waals surface area contributed by atoms with Gasteiger partial charge in [-0.15, -0.1) is 0 Å². The molecule has 106 valence electrons. The van der Waals surface area contributed by atoms with Crippen LogP contribution >= 0.6 is 0 Å². The molecule has 0 heterocycles. The first-order valence-electron chi connectivity index (χ1n) is 5.59. The van der Waals surface area contributed by atoms with Gasteiger partial charge in [-0.05, 0) is 38.1 Å². The van der Waals surface area contributed by atoms with E-state index < -0.39 is 23.3 Å². The maximum atomic E-state index is 12.3. The molecular weight excluding hydrogens is 259 g/mol. The molecular formula is C12H16F3N3O. The van der Waals surface area contributed by atoms with Crippen molar-refractivity contribution in [3.63, 3.8) is 0 Å². The minimum absolute atomic E-state index is 0.249. The number of alkyl halides is 3. The Kier molecular flexibility index (Phi) is 4.41. The summed E-state index contributed by atoms with van der Waals surface area (Å²) in [6, 6.07) is 3.68. The van der Waals surface area contributed by atoms with Gasteiger partial charge in [0.25, 0.3) is 0 Å². The molecule has 4 N–H and O–H groups in total. The molecule has 0 saturated carbocycles. The van der Waals surface area contributed by atoms with Gasteiger partial charge in [0.15, 0.2) is 0 Å². The highest BCUT2D eigenvalue weighted by molar-refractivity contribution is 5.89. The first-order valence-corrected chi connectivity index (χ1v) is 5.59. The minimum Gasteiger partial charge on any atom is -0.336 e. The molecule has 0 bridgehead atoms. The SMILES string of the molecule is CC(C)(N)CNC(=O)Nc1ccc(C(F)(F)F)cc1. The van der Waals surface area contributed by atoms with Crippen molar-refractivity contribution in [3.8, 4) is 0 Å². The summed E-state index contributed by atoms with van der Waals surface area (Å²) >= 11 is 0. The van der Waals surface area contributed by atoms with Crippen LogP contribution < -0.4 is 16.4 Å². The number of carbonyl (C=O) groups excluding carboxylic acids is 1. The average molecular weight is 275 g/mol. The zero-order chi connectivity index (χ0) is 14.7. The first kappa shape index (κ1) is 15.3. The van der Waals surface area contributed by atoms with E-state index in [1.54, 1.807) is 13.8 Å². The van der Waals surface area contributed by atoms with E-state index in [-0.39, 0.29) is 12.2 Å². The summed E-state index contributed by atoms with van der Waals surface area (Å²) in [6.07, 6.45) is -4.38. The van der Waals surface area contributed by atoms with Crippen molar-refractivity contribution >= 4 is 11.7 Å². The highest BCUT2D eigenvalue weighted by Crippen LogP contribution is 2.29. The molecule has 0 aliphatic heterocycles. The van der Waals surface area contributed by atoms with Crippen LogP contribution in [0.2, 0.25) is 0 Å². The second-order valence-corrected chi connectivity index (χ2v) is 4.87. The fourth-order valence-corrected chi connectivity index (χ4v) is 1.23. The molecule has 0 fully saturated rings. The Morgan fingerprint density at radius 2 is 1.74 bits per heavy atom. The number of hydrogen-bond acceptors (Lipinski definition) is 2. The van der Waals surface area contributed by atoms with Crippen LogP contribution in [0.4, 0.5) is 23.7 Å². The van der Waals surface area contributed by atoms with Crippen LogP contribution in [0.5, 0.6) is 0 Å². The highest BCUT2D eigenvalue weighted by atomic mass is 19.4. The summed E-state index contributed by atoms with van der Waals surface area (Å²) in [4.78, 5) is 11.4. The standard InChI is InChI=1S/C12H16F3N3O/c1-11(2,16)7-17-10(19)18-9-5-3-8(4-6-9)12(13,14)15/h3-6H,7,16H2,1-2H3,(H2,17,18,19). The van der Waals surface area contributed by atoms with Crippen molar-refractivity contribution in [1.29, 1.82) is 0 Å². The quantitative estimate of drug-likeness (QED) is 0.793. The molecule has 0 atom stereocenters. The molecule has 1 rings (SSSR count). The highest BCUT2D eigenvalue weighted by Gasteiger charge is 2.29. The number of hydrogen-bond donors (Lipinski definition) is 3. The fraction of sp³-hybridized carbons (Fsp3) is 0.417. The third-order valence-electron chi connectivity index (χ3n) is 2.17. The van der Waals surface area contributed by atoms with E-state index in [0.717, 1.165) is 12.1 Å². The molecule has 2 amide bonds. The van der Waals surface area contributed by atoms with E-state index in [1.165, 1.54) is 12.1 Å². The number of anilines is 1. The van der Waals surface area contributed by atoms with Gasteiger partial charge in [0, 0.05) is 17.8 Å². The molecule has 0 spiro atoms. The average Bonchev–Trinajstić information content (AvgIpc) is 2.25. The van der Waals surface area contributed by atoms with Crippen molar-refractivity contribution in [3.05, 3.63) is 29.8 Å². The molecule has 0 unspecified atom stereocenters. The summed E-state index contributed by atoms with van der Waals surface area (Å²) in [5, 5.41) is 4.94. The van der Waals surface area contributed by atoms with E-state index in [2.05, 4.69) is 10.6 Å². The second-order valence-electron chi connectivity index (χ2n) is 4.87. The maximum absolute atomic E-state index is 12.3. The normalized spacial score (nSPS) is 12.1. The molecule has 7 heteroatoms. The molecule has 0 aliphatic rings. The Hall–Kier alpha value is -1.76. The van der Waals surface area contributed by atoms with E-state index in [0.29, 0.717) is 0 Å². The van der Waals surface area contributed by atoms with Gasteiger partial charge >= 0.3 is 12.2 Å². The van der Waals surface area contributed by atoms with Crippen molar-refractivity contribution in [2.45, 2.75) is 25.6 Å². The monoisotopic (exact) mass is 275 g/mol. The zero-order valence-electron chi connectivity index (χ0n) is 10.6. The first-order chi connectivity index (χ1) is 8.58. The topological polar surface area (TPSA) is 67.1 Å². The number of carbonyl (C=O) groups is 1. The van der Waals surface area contributed by atoms with Gasteiger partial charge in [-0.25, -0.2) is 4.79 Å². The summed E-state index contributed by atoms with van der Waals surface area (Å²) in [6.45, 7) is 3.73. The van der Waals surface area contributed by atoms with Gasteiger partial charge in [0.05, 0.1) is 5.56 Å². The van der Waals surface area contributed by atoms with E-state index in [9.17, 15) is 18.0 Å². The number of nitrogens with two attached hydrogens (primary N) is 1. The lowest BCUT2D eigenvalue weighted by Crippen LogP contribution is -2.46. The molecule has 0 saturated heterocycles. The number of urea groups is 1. The van der Waals surface area contributed by atoms with Gasteiger partial charge < -0.3 is 16.4 Å². The van der Waals surface area contributed by atoms with Crippen molar-refractivity contribution in [2.75, 3.05) is 11.9 Å². The number of benzene rings is 1. The lowest BCUT2D eigenvalue weighted by Gasteiger charge is -2.19. The van der Waals surface area contributed by atoms with Gasteiger partial charge in [0.1, 0.15) is 0 Å². The van der Waals surface area contributed by atoms with Crippen LogP contribution in [0.25, 0.3) is 0 Å². The van der Waals surface area contributed by atoms with E-state index >= 15 is 0 Å². The lowest BCUT2D eigenvalue weighted by molar-refractivity contribution is -0.137. The third kappa shape index (κ3) is 5.60. The molecule has 0 aromatic heterocycles. The minimum atomic E-state index is -4.38. The molecule has 1 aromatic rings. The van der Waals surface area contributed by atoms with Gasteiger partial charge in [-0.2, -0.15) is 13.2 Å². The predicted molar refractivity (Wildman–Crippen MR) is 66.7 cm³/mol. The number of rotatable bonds is 3. The van der Waals surface area contributed by atoms with Crippen LogP contribution in [-0.4, -0.2) is 18.1 Å². The third-order valence-corrected chi connectivity index (χ3v) is 2.17. The van der Waals surface area contributed by atoms with Crippen LogP contribution in [0.1, 0.15) is 19.4 Å². The number of amides is 2. The molecule has 19 heavy (non-hydrogen) atoms. The van der Waals surface area contributed by atoms with Gasteiger partial charge in [-0.3, -0.25) is 0 Å². The van der Waals surface area contributed by atoms with Crippen molar-refractivity contribution < 1.29 is 18.0 Å². The largest absolute Gasteiger partial charge is 0.416 e. The van der Waals surface area contributed by atoms with Crippen LogP contribution in [-0.2, 0) is 6.18 Å². The summed E-state index contributed by atoms with van der Waals surface area (Å²) in [7, 11) is 0. The van der Waals surface area contributed by atoms with Crippen molar-refractivity contribution in [2.24, 2.45) is 5.73 Å². The Bertz CT molecular complexity index is 435. The Morgan fingerprint density at radius 1 is 1.21 bits per heavy atom. The van der Waals surface area contributed by atoms with Crippen molar-refractivity contribution in [1.82, 2.24) is 5.32 Å². The molecule has 0 aliphatic carbocycles. The second kappa shape index (κ2) is 5.48. The smallest absolute Gasteiger partial charge is 0.336 e. The fourth-order valence-electron chi connectivity index (χ4n) is 1.23. The van der Waals surface area contributed by atoms with Crippen LogP contribution in [0, 0.1) is 0 Å². The Morgan fingerprint density at radius 3 is 2.16 bits per heavy atom. The predicted octanol–water partition coefficient (Wildman–Crippen LogP) is 2.56. The lowest BCUT2D eigenvalue weighted by atomic mass is 10.1. The van der Waals surface area contributed by atoms with Gasteiger partial charge in [-0.1, -0.05) is 0 Å². The number of nitrogens with one attached hydrogen (secondary N) is 2. The molecule has 4 nitrogen and oxygen atoms in total. The summed E-state index contributed by atoms with van der Waals surface area (Å²) in [5.74, 6) is 0. The molecule has 1 aromatic carbocycles. The Balaban J connectivity index is 2.56. The zero-order valence-corrected chi connectivity index (χ0v) is 10.6.